The third kappa shape index (κ3) is 4.01. The molecule has 2 rings (SSSR count). The summed E-state index contributed by atoms with van der Waals surface area (Å²) in [5, 5.41) is 0. The largest absolute Gasteiger partial charge is 0.329 e. The van der Waals surface area contributed by atoms with Crippen molar-refractivity contribution in [2.75, 3.05) is 40.3 Å². The molecule has 1 saturated heterocycles. The molecule has 0 bridgehead atoms. The van der Waals surface area contributed by atoms with Gasteiger partial charge < -0.3 is 10.6 Å². The molecule has 1 aliphatic heterocycles. The minimum absolute atomic E-state index is 0.102. The summed E-state index contributed by atoms with van der Waals surface area (Å²) in [5.41, 5.74) is 6.89. The second-order valence-electron chi connectivity index (χ2n) is 5.99. The average molecular weight is 279 g/mol. The normalized spacial score (nSPS) is 19.4. The number of halogens is 1. The second kappa shape index (κ2) is 7.16. The van der Waals surface area contributed by atoms with Crippen LogP contribution in [0.1, 0.15) is 24.4 Å². The molecule has 4 heteroatoms. The van der Waals surface area contributed by atoms with Crippen molar-refractivity contribution in [2.45, 2.75) is 18.9 Å². The molecule has 3 nitrogen and oxygen atoms in total. The van der Waals surface area contributed by atoms with E-state index in [1.165, 1.54) is 32.0 Å². The lowest BCUT2D eigenvalue weighted by Crippen LogP contribution is -2.38. The Morgan fingerprint density at radius 3 is 2.70 bits per heavy atom. The second-order valence-corrected chi connectivity index (χ2v) is 5.99. The molecule has 1 atom stereocenters. The van der Waals surface area contributed by atoms with E-state index in [0.29, 0.717) is 6.54 Å². The average Bonchev–Trinajstić information content (AvgIpc) is 2.42. The predicted molar refractivity (Wildman–Crippen MR) is 81.0 cm³/mol. The Labute approximate surface area is 121 Å². The summed E-state index contributed by atoms with van der Waals surface area (Å²) >= 11 is 0. The minimum Gasteiger partial charge on any atom is -0.329 e. The molecular formula is C16H26FN3. The molecule has 1 heterocycles. The quantitative estimate of drug-likeness (QED) is 0.896. The van der Waals surface area contributed by atoms with Gasteiger partial charge in [0.15, 0.2) is 0 Å². The number of likely N-dealkylation sites (N-methyl/N-ethyl adjacent to an activating group) is 1. The molecule has 0 spiro atoms. The van der Waals surface area contributed by atoms with Gasteiger partial charge in [0.1, 0.15) is 5.82 Å². The zero-order valence-corrected chi connectivity index (χ0v) is 12.6. The molecule has 0 aliphatic carbocycles. The standard InChI is InChI=1S/C16H26FN3/c1-19-8-6-13(7-9-19)12-20(2)16(11-18)14-4-3-5-15(17)10-14/h3-5,10,13,16H,6-9,11-12,18H2,1-2H3. The van der Waals surface area contributed by atoms with E-state index in [9.17, 15) is 4.39 Å². The summed E-state index contributed by atoms with van der Waals surface area (Å²) in [4.78, 5) is 4.66. The Morgan fingerprint density at radius 1 is 1.40 bits per heavy atom. The van der Waals surface area contributed by atoms with E-state index in [1.807, 2.05) is 6.07 Å². The number of piperidine rings is 1. The topological polar surface area (TPSA) is 32.5 Å². The number of hydrogen-bond acceptors (Lipinski definition) is 3. The highest BCUT2D eigenvalue weighted by Crippen LogP contribution is 2.23. The van der Waals surface area contributed by atoms with E-state index >= 15 is 0 Å². The Balaban J connectivity index is 1.97. The summed E-state index contributed by atoms with van der Waals surface area (Å²) in [6.07, 6.45) is 2.47. The molecule has 0 radical (unpaired) electrons. The third-order valence-corrected chi connectivity index (χ3v) is 4.37. The lowest BCUT2D eigenvalue weighted by Gasteiger charge is -2.35. The van der Waals surface area contributed by atoms with E-state index in [2.05, 4.69) is 23.9 Å². The lowest BCUT2D eigenvalue weighted by atomic mass is 9.95. The number of benzene rings is 1. The summed E-state index contributed by atoms with van der Waals surface area (Å²) in [5.74, 6) is 0.535. The summed E-state index contributed by atoms with van der Waals surface area (Å²) in [6.45, 7) is 3.90. The van der Waals surface area contributed by atoms with Gasteiger partial charge in [-0.1, -0.05) is 12.1 Å². The highest BCUT2D eigenvalue weighted by Gasteiger charge is 2.22. The number of likely N-dealkylation sites (tertiary alicyclic amines) is 1. The number of nitrogens with two attached hydrogens (primary N) is 1. The first kappa shape index (κ1) is 15.4. The van der Waals surface area contributed by atoms with Gasteiger partial charge in [0.25, 0.3) is 0 Å². The maximum absolute atomic E-state index is 13.4. The predicted octanol–water partition coefficient (Wildman–Crippen LogP) is 2.10. The summed E-state index contributed by atoms with van der Waals surface area (Å²) in [7, 11) is 4.27. The van der Waals surface area contributed by atoms with E-state index in [1.54, 1.807) is 12.1 Å². The van der Waals surface area contributed by atoms with Crippen LogP contribution < -0.4 is 5.73 Å². The van der Waals surface area contributed by atoms with Crippen molar-refractivity contribution in [3.63, 3.8) is 0 Å². The number of nitrogens with zero attached hydrogens (tertiary/aromatic N) is 2. The first-order chi connectivity index (χ1) is 9.60. The molecule has 112 valence electrons. The minimum atomic E-state index is -0.186. The molecule has 0 amide bonds. The van der Waals surface area contributed by atoms with Crippen molar-refractivity contribution < 1.29 is 4.39 Å². The highest BCUT2D eigenvalue weighted by atomic mass is 19.1. The van der Waals surface area contributed by atoms with Crippen molar-refractivity contribution in [3.8, 4) is 0 Å². The van der Waals surface area contributed by atoms with E-state index in [-0.39, 0.29) is 11.9 Å². The molecule has 1 unspecified atom stereocenters. The summed E-state index contributed by atoms with van der Waals surface area (Å²) < 4.78 is 13.4. The van der Waals surface area contributed by atoms with Gasteiger partial charge in [-0.2, -0.15) is 0 Å². The van der Waals surface area contributed by atoms with Crippen LogP contribution in [0.3, 0.4) is 0 Å². The Bertz CT molecular complexity index is 416. The van der Waals surface area contributed by atoms with Crippen LogP contribution in [0.2, 0.25) is 0 Å². The Kier molecular flexibility index (Phi) is 5.52. The van der Waals surface area contributed by atoms with Crippen molar-refractivity contribution in [3.05, 3.63) is 35.6 Å². The first-order valence-corrected chi connectivity index (χ1v) is 7.44. The van der Waals surface area contributed by atoms with Crippen LogP contribution in [0, 0.1) is 11.7 Å². The molecule has 20 heavy (non-hydrogen) atoms. The van der Waals surface area contributed by atoms with Gasteiger partial charge in [-0.25, -0.2) is 4.39 Å². The van der Waals surface area contributed by atoms with E-state index in [4.69, 9.17) is 5.73 Å². The summed E-state index contributed by atoms with van der Waals surface area (Å²) in [6, 6.07) is 6.91. The number of hydrogen-bond donors (Lipinski definition) is 1. The van der Waals surface area contributed by atoms with Gasteiger partial charge >= 0.3 is 0 Å². The van der Waals surface area contributed by atoms with Crippen molar-refractivity contribution in [1.29, 1.82) is 0 Å². The smallest absolute Gasteiger partial charge is 0.123 e. The van der Waals surface area contributed by atoms with E-state index < -0.39 is 0 Å². The van der Waals surface area contributed by atoms with Crippen LogP contribution >= 0.6 is 0 Å². The van der Waals surface area contributed by atoms with Crippen LogP contribution in [0.25, 0.3) is 0 Å². The Morgan fingerprint density at radius 2 is 2.10 bits per heavy atom. The maximum atomic E-state index is 13.4. The van der Waals surface area contributed by atoms with Crippen LogP contribution in [0.5, 0.6) is 0 Å². The molecule has 2 N–H and O–H groups in total. The molecule has 0 aromatic heterocycles. The zero-order chi connectivity index (χ0) is 14.5. The third-order valence-electron chi connectivity index (χ3n) is 4.37. The van der Waals surface area contributed by atoms with Gasteiger partial charge in [0, 0.05) is 19.1 Å². The van der Waals surface area contributed by atoms with Crippen LogP contribution in [-0.4, -0.2) is 50.1 Å². The van der Waals surface area contributed by atoms with Gasteiger partial charge in [-0.05, 0) is 63.6 Å². The SMILES string of the molecule is CN1CCC(CN(C)C(CN)c2cccc(F)c2)CC1. The molecule has 0 saturated carbocycles. The fourth-order valence-electron chi connectivity index (χ4n) is 3.06. The molecular weight excluding hydrogens is 253 g/mol. The van der Waals surface area contributed by atoms with Gasteiger partial charge in [0.05, 0.1) is 0 Å². The monoisotopic (exact) mass is 279 g/mol. The lowest BCUT2D eigenvalue weighted by molar-refractivity contribution is 0.151. The van der Waals surface area contributed by atoms with Crippen molar-refractivity contribution >= 4 is 0 Å². The van der Waals surface area contributed by atoms with Gasteiger partial charge in [0.2, 0.25) is 0 Å². The molecule has 1 fully saturated rings. The first-order valence-electron chi connectivity index (χ1n) is 7.44. The van der Waals surface area contributed by atoms with Crippen LogP contribution in [0.4, 0.5) is 4.39 Å². The van der Waals surface area contributed by atoms with Crippen LogP contribution in [-0.2, 0) is 0 Å². The van der Waals surface area contributed by atoms with Crippen molar-refractivity contribution in [2.24, 2.45) is 11.7 Å². The fourth-order valence-corrected chi connectivity index (χ4v) is 3.06. The number of rotatable bonds is 5. The fraction of sp³-hybridized carbons (Fsp3) is 0.625. The van der Waals surface area contributed by atoms with Gasteiger partial charge in [-0.15, -0.1) is 0 Å². The zero-order valence-electron chi connectivity index (χ0n) is 12.6. The molecule has 1 aromatic carbocycles. The van der Waals surface area contributed by atoms with E-state index in [0.717, 1.165) is 18.0 Å². The molecule has 1 aromatic rings. The maximum Gasteiger partial charge on any atom is 0.123 e. The highest BCUT2D eigenvalue weighted by molar-refractivity contribution is 5.20. The Hall–Kier alpha value is -0.970. The van der Waals surface area contributed by atoms with Crippen molar-refractivity contribution in [1.82, 2.24) is 9.80 Å². The van der Waals surface area contributed by atoms with Crippen LogP contribution in [0.15, 0.2) is 24.3 Å². The molecule has 1 aliphatic rings. The van der Waals surface area contributed by atoms with Gasteiger partial charge in [-0.3, -0.25) is 4.90 Å².